The number of aliphatic imine (C=N–C) groups is 1. The minimum atomic E-state index is -0.535. The number of ether oxygens (including phenoxy) is 1. The quantitative estimate of drug-likeness (QED) is 0.361. The molecule has 1 amide bonds. The van der Waals surface area contributed by atoms with Crippen LogP contribution in [0, 0.1) is 10.1 Å². The summed E-state index contributed by atoms with van der Waals surface area (Å²) in [7, 11) is 1.43. The minimum Gasteiger partial charge on any atom is -0.496 e. The van der Waals surface area contributed by atoms with E-state index < -0.39 is 10.8 Å². The topological polar surface area (TPSA) is 85.0 Å². The molecule has 0 saturated carbocycles. The molecule has 1 heterocycles. The summed E-state index contributed by atoms with van der Waals surface area (Å²) in [6, 6.07) is 22.8. The van der Waals surface area contributed by atoms with Gasteiger partial charge in [-0.3, -0.25) is 19.8 Å². The van der Waals surface area contributed by atoms with Gasteiger partial charge in [0, 0.05) is 5.56 Å². The molecule has 7 heteroatoms. The van der Waals surface area contributed by atoms with Gasteiger partial charge in [-0.15, -0.1) is 0 Å². The Bertz CT molecular complexity index is 1170. The Labute approximate surface area is 172 Å². The average Bonchev–Trinajstić information content (AvgIpc) is 3.10. The number of carbonyl (C=O) groups is 1. The average molecular weight is 399 g/mol. The summed E-state index contributed by atoms with van der Waals surface area (Å²) in [6.45, 7) is 0. The highest BCUT2D eigenvalue weighted by atomic mass is 16.6. The van der Waals surface area contributed by atoms with Gasteiger partial charge in [-0.2, -0.15) is 0 Å². The van der Waals surface area contributed by atoms with Crippen molar-refractivity contribution in [3.63, 3.8) is 0 Å². The number of hydrogen-bond acceptors (Lipinski definition) is 5. The van der Waals surface area contributed by atoms with Crippen molar-refractivity contribution in [2.24, 2.45) is 4.99 Å². The third-order valence-corrected chi connectivity index (χ3v) is 4.62. The molecule has 30 heavy (non-hydrogen) atoms. The molecular formula is C23H17N3O4. The summed E-state index contributed by atoms with van der Waals surface area (Å²) in [4.78, 5) is 30.3. The number of amides is 1. The number of benzene rings is 3. The van der Waals surface area contributed by atoms with Crippen LogP contribution in [0.25, 0.3) is 6.08 Å². The molecule has 1 aliphatic rings. The molecule has 0 radical (unpaired) electrons. The molecule has 4 rings (SSSR count). The van der Waals surface area contributed by atoms with Crippen LogP contribution in [0.4, 0.5) is 11.4 Å². The normalized spacial score (nSPS) is 14.7. The van der Waals surface area contributed by atoms with E-state index >= 15 is 0 Å². The highest BCUT2D eigenvalue weighted by Crippen LogP contribution is 2.36. The van der Waals surface area contributed by atoms with Gasteiger partial charge >= 0.3 is 0 Å². The first-order chi connectivity index (χ1) is 14.6. The molecule has 0 aromatic heterocycles. The van der Waals surface area contributed by atoms with Crippen molar-refractivity contribution < 1.29 is 14.5 Å². The van der Waals surface area contributed by atoms with Crippen LogP contribution in [0.2, 0.25) is 0 Å². The van der Waals surface area contributed by atoms with Gasteiger partial charge in [-0.25, -0.2) is 4.99 Å². The molecule has 0 unspecified atom stereocenters. The smallest absolute Gasteiger partial charge is 0.297 e. The second-order valence-corrected chi connectivity index (χ2v) is 6.49. The molecule has 0 fully saturated rings. The summed E-state index contributed by atoms with van der Waals surface area (Å²) < 4.78 is 5.11. The Morgan fingerprint density at radius 2 is 1.67 bits per heavy atom. The van der Waals surface area contributed by atoms with Gasteiger partial charge in [0.15, 0.2) is 0 Å². The highest BCUT2D eigenvalue weighted by Gasteiger charge is 2.36. The van der Waals surface area contributed by atoms with Crippen molar-refractivity contribution >= 4 is 29.2 Å². The number of amidine groups is 1. The molecule has 7 nitrogen and oxygen atoms in total. The Hall–Kier alpha value is -4.26. The predicted octanol–water partition coefficient (Wildman–Crippen LogP) is 4.44. The Balaban J connectivity index is 1.88. The summed E-state index contributed by atoms with van der Waals surface area (Å²) in [5.41, 5.74) is 1.57. The molecule has 148 valence electrons. The van der Waals surface area contributed by atoms with E-state index in [0.29, 0.717) is 17.1 Å². The van der Waals surface area contributed by atoms with Crippen molar-refractivity contribution in [2.45, 2.75) is 0 Å². The van der Waals surface area contributed by atoms with Crippen molar-refractivity contribution in [3.8, 4) is 5.75 Å². The van der Waals surface area contributed by atoms with E-state index in [1.54, 1.807) is 24.3 Å². The van der Waals surface area contributed by atoms with Crippen LogP contribution in [-0.4, -0.2) is 23.8 Å². The lowest BCUT2D eigenvalue weighted by Crippen LogP contribution is -2.33. The highest BCUT2D eigenvalue weighted by molar-refractivity contribution is 6.33. The maximum atomic E-state index is 13.3. The fourth-order valence-corrected chi connectivity index (χ4v) is 3.19. The zero-order chi connectivity index (χ0) is 21.1. The van der Waals surface area contributed by atoms with E-state index in [1.165, 1.54) is 24.1 Å². The summed E-state index contributed by atoms with van der Waals surface area (Å²) >= 11 is 0. The number of hydrogen-bond donors (Lipinski definition) is 0. The number of rotatable bonds is 5. The standard InChI is InChI=1S/C23H17N3O4/c1-30-18-12-13-20(21(15-18)26(28)29)25-22(17-10-6-3-7-11-17)24-19(23(25)27)14-16-8-4-2-5-9-16/h2-15H,1H3/b19-14-. The molecule has 0 atom stereocenters. The van der Waals surface area contributed by atoms with Crippen LogP contribution in [0.5, 0.6) is 5.75 Å². The van der Waals surface area contributed by atoms with E-state index in [4.69, 9.17) is 4.74 Å². The molecule has 1 aliphatic heterocycles. The number of nitro benzene ring substituents is 1. The molecule has 0 saturated heterocycles. The van der Waals surface area contributed by atoms with Crippen molar-refractivity contribution in [3.05, 3.63) is 106 Å². The lowest BCUT2D eigenvalue weighted by atomic mass is 10.1. The molecule has 3 aromatic rings. The fourth-order valence-electron chi connectivity index (χ4n) is 3.19. The number of anilines is 1. The van der Waals surface area contributed by atoms with Crippen LogP contribution in [0.1, 0.15) is 11.1 Å². The molecule has 0 N–H and O–H groups in total. The second kappa shape index (κ2) is 8.00. The number of carbonyl (C=O) groups excluding carboxylic acids is 1. The van der Waals surface area contributed by atoms with Crippen LogP contribution < -0.4 is 9.64 Å². The number of methoxy groups -OCH3 is 1. The van der Waals surface area contributed by atoms with Gasteiger partial charge in [0.05, 0.1) is 18.1 Å². The van der Waals surface area contributed by atoms with E-state index in [9.17, 15) is 14.9 Å². The predicted molar refractivity (Wildman–Crippen MR) is 115 cm³/mol. The molecule has 0 aliphatic carbocycles. The van der Waals surface area contributed by atoms with Gasteiger partial charge in [0.2, 0.25) is 0 Å². The van der Waals surface area contributed by atoms with Gasteiger partial charge in [-0.05, 0) is 23.8 Å². The van der Waals surface area contributed by atoms with Crippen LogP contribution in [-0.2, 0) is 4.79 Å². The first-order valence-electron chi connectivity index (χ1n) is 9.16. The van der Waals surface area contributed by atoms with Gasteiger partial charge in [0.25, 0.3) is 11.6 Å². The Morgan fingerprint density at radius 1 is 1.00 bits per heavy atom. The fraction of sp³-hybridized carbons (Fsp3) is 0.0435. The number of nitro groups is 1. The van der Waals surface area contributed by atoms with E-state index in [2.05, 4.69) is 4.99 Å². The van der Waals surface area contributed by atoms with E-state index in [1.807, 2.05) is 48.5 Å². The summed E-state index contributed by atoms with van der Waals surface area (Å²) in [5, 5.41) is 11.7. The maximum Gasteiger partial charge on any atom is 0.297 e. The van der Waals surface area contributed by atoms with Crippen molar-refractivity contribution in [1.29, 1.82) is 0 Å². The van der Waals surface area contributed by atoms with Crippen LogP contribution in [0.15, 0.2) is 89.6 Å². The van der Waals surface area contributed by atoms with E-state index in [-0.39, 0.29) is 17.1 Å². The lowest BCUT2D eigenvalue weighted by molar-refractivity contribution is -0.384. The largest absolute Gasteiger partial charge is 0.496 e. The zero-order valence-electron chi connectivity index (χ0n) is 16.1. The van der Waals surface area contributed by atoms with Crippen molar-refractivity contribution in [1.82, 2.24) is 0 Å². The van der Waals surface area contributed by atoms with Crippen molar-refractivity contribution in [2.75, 3.05) is 12.0 Å². The molecule has 3 aromatic carbocycles. The van der Waals surface area contributed by atoms with Gasteiger partial charge in [-0.1, -0.05) is 60.7 Å². The third kappa shape index (κ3) is 3.56. The monoisotopic (exact) mass is 399 g/mol. The van der Waals surface area contributed by atoms with Crippen LogP contribution in [0.3, 0.4) is 0 Å². The molecular weight excluding hydrogens is 382 g/mol. The lowest BCUT2D eigenvalue weighted by Gasteiger charge is -2.18. The first-order valence-corrected chi connectivity index (χ1v) is 9.16. The van der Waals surface area contributed by atoms with Gasteiger partial charge < -0.3 is 4.74 Å². The molecule has 0 bridgehead atoms. The second-order valence-electron chi connectivity index (χ2n) is 6.49. The van der Waals surface area contributed by atoms with E-state index in [0.717, 1.165) is 5.56 Å². The third-order valence-electron chi connectivity index (χ3n) is 4.62. The Kier molecular flexibility index (Phi) is 5.09. The minimum absolute atomic E-state index is 0.130. The summed E-state index contributed by atoms with van der Waals surface area (Å²) in [5.74, 6) is 0.220. The molecule has 0 spiro atoms. The van der Waals surface area contributed by atoms with Gasteiger partial charge in [0.1, 0.15) is 23.0 Å². The zero-order valence-corrected chi connectivity index (χ0v) is 16.1. The first kappa shape index (κ1) is 19.1. The SMILES string of the molecule is COc1ccc(N2C(=O)/C(=C/c3ccccc3)N=C2c2ccccc2)c([N+](=O)[O-])c1. The Morgan fingerprint density at radius 3 is 2.30 bits per heavy atom. The van der Waals surface area contributed by atoms with Crippen LogP contribution >= 0.6 is 0 Å². The maximum absolute atomic E-state index is 13.3. The summed E-state index contributed by atoms with van der Waals surface area (Å²) in [6.07, 6.45) is 1.67. The number of nitrogens with zero attached hydrogens (tertiary/aromatic N) is 3.